The van der Waals surface area contributed by atoms with E-state index in [9.17, 15) is 13.2 Å². The van der Waals surface area contributed by atoms with E-state index >= 15 is 0 Å². The molecular formula is C17H19F3IN3. The molecule has 7 heteroatoms. The van der Waals surface area contributed by atoms with Gasteiger partial charge in [0, 0.05) is 18.7 Å². The third kappa shape index (κ3) is 6.43. The fourth-order valence-corrected chi connectivity index (χ4v) is 2.17. The molecule has 0 unspecified atom stereocenters. The van der Waals surface area contributed by atoms with Gasteiger partial charge in [-0.05, 0) is 31.0 Å². The van der Waals surface area contributed by atoms with Crippen LogP contribution in [-0.2, 0) is 6.18 Å². The summed E-state index contributed by atoms with van der Waals surface area (Å²) in [5, 5.41) is 6.28. The highest BCUT2D eigenvalue weighted by Gasteiger charge is 2.30. The van der Waals surface area contributed by atoms with Gasteiger partial charge in [-0.3, -0.25) is 4.99 Å². The maximum Gasteiger partial charge on any atom is 0.416 e. The molecule has 130 valence electrons. The Hall–Kier alpha value is -1.69. The number of hydrogen-bond donors (Lipinski definition) is 2. The summed E-state index contributed by atoms with van der Waals surface area (Å²) in [7, 11) is 1.66. The van der Waals surface area contributed by atoms with E-state index in [2.05, 4.69) is 39.6 Å². The lowest BCUT2D eigenvalue weighted by Gasteiger charge is -2.15. The Labute approximate surface area is 156 Å². The first-order valence-corrected chi connectivity index (χ1v) is 7.27. The van der Waals surface area contributed by atoms with Crippen LogP contribution in [-0.4, -0.2) is 25.6 Å². The summed E-state index contributed by atoms with van der Waals surface area (Å²) in [6.45, 7) is 0.302. The SMILES string of the molecule is CN=C(NCC#Cc1cccc(C(F)(F)F)c1)NC1CC=CC1.I. The van der Waals surface area contributed by atoms with Crippen LogP contribution in [0, 0.1) is 11.8 Å². The molecule has 0 heterocycles. The fraction of sp³-hybridized carbons (Fsp3) is 0.353. The predicted octanol–water partition coefficient (Wildman–Crippen LogP) is 3.56. The molecule has 0 aromatic heterocycles. The summed E-state index contributed by atoms with van der Waals surface area (Å²) in [6, 6.07) is 5.32. The standard InChI is InChI=1S/C17H18F3N3.HI/c1-21-16(23-15-9-2-3-10-15)22-11-5-7-13-6-4-8-14(12-13)17(18,19)20;/h2-4,6,8,12,15H,9-11H2,1H3,(H2,21,22,23);1H. The zero-order valence-electron chi connectivity index (χ0n) is 13.2. The molecule has 3 nitrogen and oxygen atoms in total. The average Bonchev–Trinajstić information content (AvgIpc) is 3.03. The second kappa shape index (κ2) is 9.57. The quantitative estimate of drug-likeness (QED) is 0.238. The molecule has 1 aromatic rings. The number of aliphatic imine (C=N–C) groups is 1. The van der Waals surface area contributed by atoms with Crippen LogP contribution >= 0.6 is 24.0 Å². The van der Waals surface area contributed by atoms with Gasteiger partial charge < -0.3 is 10.6 Å². The molecule has 0 bridgehead atoms. The van der Waals surface area contributed by atoms with Crippen molar-refractivity contribution in [2.24, 2.45) is 4.99 Å². The Morgan fingerprint density at radius 1 is 1.29 bits per heavy atom. The van der Waals surface area contributed by atoms with Gasteiger partial charge in [0.1, 0.15) is 0 Å². The minimum absolute atomic E-state index is 0. The van der Waals surface area contributed by atoms with Crippen molar-refractivity contribution in [2.45, 2.75) is 25.1 Å². The first-order valence-electron chi connectivity index (χ1n) is 7.27. The van der Waals surface area contributed by atoms with Crippen molar-refractivity contribution in [1.82, 2.24) is 10.6 Å². The van der Waals surface area contributed by atoms with E-state index in [0.29, 0.717) is 24.1 Å². The van der Waals surface area contributed by atoms with E-state index in [1.54, 1.807) is 13.1 Å². The predicted molar refractivity (Wildman–Crippen MR) is 100 cm³/mol. The average molecular weight is 449 g/mol. The lowest BCUT2D eigenvalue weighted by Crippen LogP contribution is -2.42. The molecule has 0 saturated heterocycles. The molecule has 0 radical (unpaired) electrons. The van der Waals surface area contributed by atoms with Crippen molar-refractivity contribution >= 4 is 29.9 Å². The van der Waals surface area contributed by atoms with Gasteiger partial charge in [-0.1, -0.05) is 30.1 Å². The van der Waals surface area contributed by atoms with Crippen LogP contribution in [0.15, 0.2) is 41.4 Å². The van der Waals surface area contributed by atoms with Crippen molar-refractivity contribution in [3.63, 3.8) is 0 Å². The second-order valence-electron chi connectivity index (χ2n) is 5.09. The Morgan fingerprint density at radius 2 is 2.00 bits per heavy atom. The number of guanidine groups is 1. The molecule has 0 fully saturated rings. The summed E-state index contributed by atoms with van der Waals surface area (Å²) >= 11 is 0. The van der Waals surface area contributed by atoms with Crippen LogP contribution in [0.25, 0.3) is 0 Å². The third-order valence-corrected chi connectivity index (χ3v) is 3.34. The van der Waals surface area contributed by atoms with E-state index in [0.717, 1.165) is 25.0 Å². The van der Waals surface area contributed by atoms with E-state index in [1.165, 1.54) is 6.07 Å². The largest absolute Gasteiger partial charge is 0.416 e. The highest BCUT2D eigenvalue weighted by Crippen LogP contribution is 2.29. The van der Waals surface area contributed by atoms with Gasteiger partial charge in [0.15, 0.2) is 5.96 Å². The molecule has 2 N–H and O–H groups in total. The second-order valence-corrected chi connectivity index (χ2v) is 5.09. The summed E-state index contributed by atoms with van der Waals surface area (Å²) < 4.78 is 37.8. The highest BCUT2D eigenvalue weighted by atomic mass is 127. The van der Waals surface area contributed by atoms with Crippen molar-refractivity contribution in [2.75, 3.05) is 13.6 Å². The monoisotopic (exact) mass is 449 g/mol. The number of nitrogens with zero attached hydrogens (tertiary/aromatic N) is 1. The van der Waals surface area contributed by atoms with Gasteiger partial charge in [-0.15, -0.1) is 24.0 Å². The molecule has 0 saturated carbocycles. The summed E-state index contributed by atoms with van der Waals surface area (Å²) in [6.07, 6.45) is 1.78. The number of nitrogens with one attached hydrogen (secondary N) is 2. The summed E-state index contributed by atoms with van der Waals surface area (Å²) in [4.78, 5) is 4.09. The van der Waals surface area contributed by atoms with Gasteiger partial charge in [0.25, 0.3) is 0 Å². The maximum atomic E-state index is 12.6. The molecule has 0 atom stereocenters. The highest BCUT2D eigenvalue weighted by molar-refractivity contribution is 14.0. The molecular weight excluding hydrogens is 430 g/mol. The van der Waals surface area contributed by atoms with Crippen LogP contribution in [0.3, 0.4) is 0 Å². The number of halogens is 4. The third-order valence-electron chi connectivity index (χ3n) is 3.34. The molecule has 1 aliphatic carbocycles. The van der Waals surface area contributed by atoms with Crippen molar-refractivity contribution < 1.29 is 13.2 Å². The molecule has 0 aliphatic heterocycles. The summed E-state index contributed by atoms with van der Waals surface area (Å²) in [5.74, 6) is 6.16. The van der Waals surface area contributed by atoms with Crippen LogP contribution < -0.4 is 10.6 Å². The Morgan fingerprint density at radius 3 is 2.62 bits per heavy atom. The smallest absolute Gasteiger partial charge is 0.353 e. The van der Waals surface area contributed by atoms with Gasteiger partial charge in [-0.25, -0.2) is 0 Å². The lowest BCUT2D eigenvalue weighted by molar-refractivity contribution is -0.137. The number of rotatable bonds is 2. The number of hydrogen-bond acceptors (Lipinski definition) is 1. The number of benzene rings is 1. The van der Waals surface area contributed by atoms with Gasteiger partial charge in [0.2, 0.25) is 0 Å². The van der Waals surface area contributed by atoms with Gasteiger partial charge >= 0.3 is 6.18 Å². The molecule has 2 rings (SSSR count). The van der Waals surface area contributed by atoms with Crippen molar-refractivity contribution in [3.05, 3.63) is 47.5 Å². The van der Waals surface area contributed by atoms with Crippen LogP contribution in [0.4, 0.5) is 13.2 Å². The minimum atomic E-state index is -4.35. The Balaban J connectivity index is 0.00000288. The normalized spacial score (nSPS) is 14.6. The van der Waals surface area contributed by atoms with Crippen LogP contribution in [0.2, 0.25) is 0 Å². The first kappa shape index (κ1) is 20.4. The van der Waals surface area contributed by atoms with Crippen LogP contribution in [0.1, 0.15) is 24.0 Å². The zero-order chi connectivity index (χ0) is 16.7. The maximum absolute atomic E-state index is 12.6. The molecule has 1 aliphatic rings. The van der Waals surface area contributed by atoms with E-state index < -0.39 is 11.7 Å². The molecule has 1 aromatic carbocycles. The van der Waals surface area contributed by atoms with E-state index in [1.807, 2.05) is 0 Å². The van der Waals surface area contributed by atoms with Gasteiger partial charge in [-0.2, -0.15) is 13.2 Å². The first-order chi connectivity index (χ1) is 11.0. The van der Waals surface area contributed by atoms with Crippen LogP contribution in [0.5, 0.6) is 0 Å². The number of alkyl halides is 3. The Kier molecular flexibility index (Phi) is 8.11. The van der Waals surface area contributed by atoms with Crippen molar-refractivity contribution in [3.8, 4) is 11.8 Å². The Bertz CT molecular complexity index is 649. The van der Waals surface area contributed by atoms with Gasteiger partial charge in [0.05, 0.1) is 12.1 Å². The topological polar surface area (TPSA) is 36.4 Å². The lowest BCUT2D eigenvalue weighted by atomic mass is 10.1. The summed E-state index contributed by atoms with van der Waals surface area (Å²) in [5.41, 5.74) is -0.354. The molecule has 24 heavy (non-hydrogen) atoms. The zero-order valence-corrected chi connectivity index (χ0v) is 15.5. The van der Waals surface area contributed by atoms with E-state index in [4.69, 9.17) is 0 Å². The van der Waals surface area contributed by atoms with Crippen molar-refractivity contribution in [1.29, 1.82) is 0 Å². The minimum Gasteiger partial charge on any atom is -0.353 e. The van der Waals surface area contributed by atoms with E-state index in [-0.39, 0.29) is 24.0 Å². The molecule has 0 amide bonds. The molecule has 0 spiro atoms. The fourth-order valence-electron chi connectivity index (χ4n) is 2.17.